The van der Waals surface area contributed by atoms with Gasteiger partial charge in [-0.15, -0.1) is 0 Å². The Morgan fingerprint density at radius 2 is 0.461 bits per heavy atom. The molecule has 3 aliphatic rings. The van der Waals surface area contributed by atoms with Gasteiger partial charge in [-0.2, -0.15) is 0 Å². The van der Waals surface area contributed by atoms with Crippen LogP contribution in [0, 0.1) is 0 Å². The van der Waals surface area contributed by atoms with E-state index in [-0.39, 0.29) is 0 Å². The first-order valence-electron chi connectivity index (χ1n) is 26.6. The lowest BCUT2D eigenvalue weighted by molar-refractivity contribution is 0.633. The van der Waals surface area contributed by atoms with Crippen LogP contribution in [0.3, 0.4) is 0 Å². The van der Waals surface area contributed by atoms with Crippen molar-refractivity contribution in [1.82, 2.24) is 9.13 Å². The third-order valence-electron chi connectivity index (χ3n) is 17.6. The van der Waals surface area contributed by atoms with Gasteiger partial charge in [-0.1, -0.05) is 218 Å². The summed E-state index contributed by atoms with van der Waals surface area (Å²) in [6.07, 6.45) is 0. The third-order valence-corrected chi connectivity index (χ3v) is 17.6. The zero-order chi connectivity index (χ0) is 49.7. The Morgan fingerprint density at radius 1 is 0.197 bits per heavy atom. The van der Waals surface area contributed by atoms with Crippen molar-refractivity contribution in [2.75, 3.05) is 0 Å². The van der Waals surface area contributed by atoms with E-state index in [2.05, 4.69) is 288 Å². The predicted octanol–water partition coefficient (Wildman–Crippen LogP) is 18.3. The highest BCUT2D eigenvalue weighted by molar-refractivity contribution is 6.10. The second-order valence-corrected chi connectivity index (χ2v) is 21.0. The molecule has 0 fully saturated rings. The minimum Gasteiger partial charge on any atom is -0.309 e. The molecular formula is C74H46N2. The average Bonchev–Trinajstić information content (AvgIpc) is 4.38. The summed E-state index contributed by atoms with van der Waals surface area (Å²) in [6.45, 7) is 0. The molecule has 0 atom stereocenters. The van der Waals surface area contributed by atoms with Gasteiger partial charge in [-0.05, 0) is 150 Å². The molecule has 2 heterocycles. The van der Waals surface area contributed by atoms with E-state index in [1.54, 1.807) is 0 Å². The number of para-hydroxylation sites is 4. The van der Waals surface area contributed by atoms with Crippen LogP contribution in [-0.4, -0.2) is 9.13 Å². The van der Waals surface area contributed by atoms with Gasteiger partial charge in [0.15, 0.2) is 0 Å². The molecule has 2 aromatic heterocycles. The van der Waals surface area contributed by atoms with E-state index in [0.717, 1.165) is 11.4 Å². The molecule has 0 N–H and O–H groups in total. The van der Waals surface area contributed by atoms with Crippen LogP contribution in [-0.2, 0) is 10.8 Å². The Balaban J connectivity index is 0.914. The van der Waals surface area contributed by atoms with Gasteiger partial charge in [0.2, 0.25) is 0 Å². The number of hydrogen-bond acceptors (Lipinski definition) is 0. The molecule has 0 amide bonds. The molecule has 0 saturated carbocycles. The van der Waals surface area contributed by atoms with Gasteiger partial charge < -0.3 is 9.13 Å². The molecule has 352 valence electrons. The standard InChI is InChI=1S/C74H46N2/c1-9-25-61-53(17-1)54-18-2-10-26-62(54)73(61)65-43-37-50(48-35-41-52(42-36-48)76-71-31-15-7-23-59(71)60-24-8-16-32-72(60)76)46-68(65)74(63-27-11-3-19-55(63)56-20-4-12-28-64(56)74)66-44-38-49(45-67(66)73)47-33-39-51(40-34-47)75-69-29-13-5-21-57(69)58-22-6-14-30-70(58)75/h1-46H. The van der Waals surface area contributed by atoms with E-state index in [1.807, 2.05) is 0 Å². The van der Waals surface area contributed by atoms with Crippen molar-refractivity contribution in [3.05, 3.63) is 324 Å². The van der Waals surface area contributed by atoms with Crippen LogP contribution in [0.4, 0.5) is 0 Å². The molecule has 2 nitrogen and oxygen atoms in total. The lowest BCUT2D eigenvalue weighted by Gasteiger charge is -2.49. The van der Waals surface area contributed by atoms with E-state index in [0.29, 0.717) is 0 Å². The SMILES string of the molecule is c1ccc2c(c1)-c1ccccc1C21c2ccc(-c3ccc(-n4c5ccccc5c5ccccc54)cc3)cc2C2(c3ccccc3-c3ccccc32)c2ccc(-c3ccc(-n4c5ccccc5c5ccccc54)cc3)cc21. The molecule has 0 unspecified atom stereocenters. The molecule has 0 saturated heterocycles. The molecule has 3 aliphatic carbocycles. The molecule has 14 aromatic rings. The van der Waals surface area contributed by atoms with Gasteiger partial charge in [0.25, 0.3) is 0 Å². The van der Waals surface area contributed by atoms with Gasteiger partial charge in [-0.25, -0.2) is 0 Å². The minimum absolute atomic E-state index is 0.618. The maximum absolute atomic E-state index is 2.57. The quantitative estimate of drug-likeness (QED) is 0.166. The first kappa shape index (κ1) is 41.7. The third kappa shape index (κ3) is 5.30. The fourth-order valence-corrected chi connectivity index (χ4v) is 14.7. The van der Waals surface area contributed by atoms with Gasteiger partial charge in [-0.3, -0.25) is 0 Å². The first-order chi connectivity index (χ1) is 37.7. The summed E-state index contributed by atoms with van der Waals surface area (Å²) in [7, 11) is 0. The number of fused-ring (bicyclic) bond motifs is 22. The van der Waals surface area contributed by atoms with Crippen molar-refractivity contribution in [3.8, 4) is 55.9 Å². The van der Waals surface area contributed by atoms with Gasteiger partial charge in [0.1, 0.15) is 0 Å². The lowest BCUT2D eigenvalue weighted by atomic mass is 9.52. The second-order valence-electron chi connectivity index (χ2n) is 21.0. The fourth-order valence-electron chi connectivity index (χ4n) is 14.7. The van der Waals surface area contributed by atoms with Crippen molar-refractivity contribution in [2.45, 2.75) is 10.8 Å². The van der Waals surface area contributed by atoms with Gasteiger partial charge >= 0.3 is 0 Å². The Bertz CT molecular complexity index is 4250. The summed E-state index contributed by atoms with van der Waals surface area (Å²) in [5.41, 5.74) is 26.5. The average molecular weight is 963 g/mol. The minimum atomic E-state index is -0.618. The number of hydrogen-bond donors (Lipinski definition) is 0. The van der Waals surface area contributed by atoms with Crippen molar-refractivity contribution >= 4 is 43.6 Å². The normalized spacial score (nSPS) is 14.0. The first-order valence-corrected chi connectivity index (χ1v) is 26.6. The Labute approximate surface area is 440 Å². The van der Waals surface area contributed by atoms with Crippen LogP contribution < -0.4 is 0 Å². The van der Waals surface area contributed by atoms with Gasteiger partial charge in [0, 0.05) is 32.9 Å². The zero-order valence-electron chi connectivity index (χ0n) is 41.5. The van der Waals surface area contributed by atoms with E-state index < -0.39 is 10.8 Å². The van der Waals surface area contributed by atoms with Crippen LogP contribution in [0.1, 0.15) is 44.5 Å². The molecule has 0 bridgehead atoms. The van der Waals surface area contributed by atoms with Crippen LogP contribution in [0.5, 0.6) is 0 Å². The van der Waals surface area contributed by atoms with Crippen LogP contribution in [0.25, 0.3) is 99.5 Å². The number of aromatic nitrogens is 2. The Hall–Kier alpha value is -9.76. The van der Waals surface area contributed by atoms with E-state index in [1.165, 1.54) is 133 Å². The molecule has 0 radical (unpaired) electrons. The van der Waals surface area contributed by atoms with Crippen molar-refractivity contribution in [2.24, 2.45) is 0 Å². The zero-order valence-corrected chi connectivity index (χ0v) is 41.5. The van der Waals surface area contributed by atoms with E-state index in [9.17, 15) is 0 Å². The summed E-state index contributed by atoms with van der Waals surface area (Å²) in [6, 6.07) is 105. The smallest absolute Gasteiger partial charge is 0.0720 e. The number of benzene rings is 12. The molecule has 2 spiro atoms. The van der Waals surface area contributed by atoms with Crippen molar-refractivity contribution < 1.29 is 0 Å². The fraction of sp³-hybridized carbons (Fsp3) is 0.0270. The Morgan fingerprint density at radius 3 is 0.776 bits per heavy atom. The van der Waals surface area contributed by atoms with Crippen LogP contribution in [0.2, 0.25) is 0 Å². The topological polar surface area (TPSA) is 9.86 Å². The van der Waals surface area contributed by atoms with E-state index in [4.69, 9.17) is 0 Å². The Kier molecular flexibility index (Phi) is 8.44. The molecule has 2 heteroatoms. The molecule has 0 aliphatic heterocycles. The summed E-state index contributed by atoms with van der Waals surface area (Å²) in [4.78, 5) is 0. The van der Waals surface area contributed by atoms with Gasteiger partial charge in [0.05, 0.1) is 32.9 Å². The van der Waals surface area contributed by atoms with Crippen LogP contribution in [0.15, 0.2) is 279 Å². The van der Waals surface area contributed by atoms with E-state index >= 15 is 0 Å². The maximum Gasteiger partial charge on any atom is 0.0720 e. The summed E-state index contributed by atoms with van der Waals surface area (Å²) < 4.78 is 4.82. The largest absolute Gasteiger partial charge is 0.309 e. The predicted molar refractivity (Wildman–Crippen MR) is 314 cm³/mol. The lowest BCUT2D eigenvalue weighted by Crippen LogP contribution is -2.43. The van der Waals surface area contributed by atoms with Crippen molar-refractivity contribution in [3.63, 3.8) is 0 Å². The maximum atomic E-state index is 2.57. The molecule has 76 heavy (non-hydrogen) atoms. The van der Waals surface area contributed by atoms with Crippen LogP contribution >= 0.6 is 0 Å². The molecule has 17 rings (SSSR count). The summed E-state index contributed by atoms with van der Waals surface area (Å²) in [5, 5.41) is 5.07. The molecular weight excluding hydrogens is 917 g/mol. The second kappa shape index (κ2) is 15.4. The highest BCUT2D eigenvalue weighted by Crippen LogP contribution is 2.68. The number of rotatable bonds is 4. The highest BCUT2D eigenvalue weighted by atomic mass is 15.0. The molecule has 12 aromatic carbocycles. The summed E-state index contributed by atoms with van der Waals surface area (Å²) >= 11 is 0. The summed E-state index contributed by atoms with van der Waals surface area (Å²) in [5.74, 6) is 0. The monoisotopic (exact) mass is 962 g/mol. The van der Waals surface area contributed by atoms with Crippen molar-refractivity contribution in [1.29, 1.82) is 0 Å². The number of nitrogens with zero attached hydrogens (tertiary/aromatic N) is 2. The highest BCUT2D eigenvalue weighted by Gasteiger charge is 2.59.